The number of thiazole rings is 1. The molecule has 4 rings (SSSR count). The van der Waals surface area contributed by atoms with Gasteiger partial charge in [0.05, 0.1) is 19.9 Å². The Morgan fingerprint density at radius 3 is 2.59 bits per heavy atom. The van der Waals surface area contributed by atoms with E-state index in [0.29, 0.717) is 12.3 Å². The van der Waals surface area contributed by atoms with E-state index in [-0.39, 0.29) is 6.04 Å². The first-order chi connectivity index (χ1) is 14.2. The van der Waals surface area contributed by atoms with Crippen molar-refractivity contribution in [1.29, 1.82) is 0 Å². The van der Waals surface area contributed by atoms with Crippen molar-refractivity contribution in [2.24, 2.45) is 0 Å². The highest BCUT2D eigenvalue weighted by molar-refractivity contribution is 7.13. The van der Waals surface area contributed by atoms with Crippen LogP contribution in [0.3, 0.4) is 0 Å². The van der Waals surface area contributed by atoms with Crippen molar-refractivity contribution in [2.75, 3.05) is 14.2 Å². The molecule has 4 nitrogen and oxygen atoms in total. The third-order valence-electron chi connectivity index (χ3n) is 5.06. The van der Waals surface area contributed by atoms with Gasteiger partial charge in [-0.25, -0.2) is 4.98 Å². The maximum atomic E-state index is 5.41. The number of benzene rings is 3. The van der Waals surface area contributed by atoms with Crippen molar-refractivity contribution >= 4 is 22.1 Å². The quantitative estimate of drug-likeness (QED) is 0.421. The zero-order valence-corrected chi connectivity index (χ0v) is 17.6. The van der Waals surface area contributed by atoms with Gasteiger partial charge in [-0.2, -0.15) is 0 Å². The molecular weight excluding hydrogens is 380 g/mol. The summed E-state index contributed by atoms with van der Waals surface area (Å²) in [5, 5.41) is 9.25. The Morgan fingerprint density at radius 1 is 0.966 bits per heavy atom. The fourth-order valence-corrected chi connectivity index (χ4v) is 4.30. The summed E-state index contributed by atoms with van der Waals surface area (Å²) in [6.07, 6.45) is 0. The summed E-state index contributed by atoms with van der Waals surface area (Å²) in [5.74, 6) is 1.43. The Morgan fingerprint density at radius 2 is 1.76 bits per heavy atom. The van der Waals surface area contributed by atoms with Gasteiger partial charge < -0.3 is 14.8 Å². The first kappa shape index (κ1) is 19.4. The topological polar surface area (TPSA) is 43.4 Å². The van der Waals surface area contributed by atoms with Crippen LogP contribution in [-0.4, -0.2) is 19.2 Å². The van der Waals surface area contributed by atoms with Crippen LogP contribution in [0.1, 0.15) is 24.2 Å². The van der Waals surface area contributed by atoms with Crippen molar-refractivity contribution < 1.29 is 9.47 Å². The molecule has 1 aromatic heterocycles. The van der Waals surface area contributed by atoms with Gasteiger partial charge in [-0.05, 0) is 41.5 Å². The molecule has 0 aliphatic carbocycles. The van der Waals surface area contributed by atoms with Gasteiger partial charge in [-0.15, -0.1) is 11.3 Å². The van der Waals surface area contributed by atoms with Gasteiger partial charge in [-0.1, -0.05) is 42.5 Å². The maximum Gasteiger partial charge on any atom is 0.161 e. The summed E-state index contributed by atoms with van der Waals surface area (Å²) < 4.78 is 10.7. The van der Waals surface area contributed by atoms with Crippen LogP contribution >= 0.6 is 11.3 Å². The van der Waals surface area contributed by atoms with Gasteiger partial charge in [0.1, 0.15) is 5.01 Å². The van der Waals surface area contributed by atoms with Crippen LogP contribution in [0.15, 0.2) is 66.0 Å². The van der Waals surface area contributed by atoms with Crippen LogP contribution in [0.5, 0.6) is 11.5 Å². The van der Waals surface area contributed by atoms with Gasteiger partial charge >= 0.3 is 0 Å². The van der Waals surface area contributed by atoms with Crippen LogP contribution < -0.4 is 14.8 Å². The molecule has 29 heavy (non-hydrogen) atoms. The standard InChI is InChI=1S/C24H24N2O2S/c1-16(20-10-6-8-17-7-4-5-9-21(17)20)25-14-19-15-29-24(26-19)18-11-12-22(27-2)23(13-18)28-3/h4-13,15-16,25H,14H2,1-3H3. The van der Waals surface area contributed by atoms with Gasteiger partial charge in [-0.3, -0.25) is 0 Å². The number of rotatable bonds is 7. The molecule has 0 saturated heterocycles. The second-order valence-electron chi connectivity index (χ2n) is 6.88. The first-order valence-corrected chi connectivity index (χ1v) is 10.5. The average molecular weight is 405 g/mol. The molecule has 1 atom stereocenters. The van der Waals surface area contributed by atoms with Crippen LogP contribution in [0, 0.1) is 0 Å². The molecule has 0 amide bonds. The monoisotopic (exact) mass is 404 g/mol. The normalized spacial score (nSPS) is 12.1. The summed E-state index contributed by atoms with van der Waals surface area (Å²) in [7, 11) is 3.29. The smallest absolute Gasteiger partial charge is 0.161 e. The number of hydrogen-bond donors (Lipinski definition) is 1. The lowest BCUT2D eigenvalue weighted by Crippen LogP contribution is -2.18. The highest BCUT2D eigenvalue weighted by Gasteiger charge is 2.12. The fourth-order valence-electron chi connectivity index (χ4n) is 3.49. The zero-order chi connectivity index (χ0) is 20.2. The molecule has 0 bridgehead atoms. The van der Waals surface area contributed by atoms with Crippen LogP contribution in [0.4, 0.5) is 0 Å². The highest BCUT2D eigenvalue weighted by Crippen LogP contribution is 2.33. The Balaban J connectivity index is 1.48. The highest BCUT2D eigenvalue weighted by atomic mass is 32.1. The molecule has 3 aromatic carbocycles. The molecule has 1 N–H and O–H groups in total. The molecule has 1 unspecified atom stereocenters. The molecule has 1 heterocycles. The Bertz CT molecular complexity index is 1120. The van der Waals surface area contributed by atoms with Crippen molar-refractivity contribution in [2.45, 2.75) is 19.5 Å². The minimum atomic E-state index is 0.229. The minimum Gasteiger partial charge on any atom is -0.493 e. The number of methoxy groups -OCH3 is 2. The maximum absolute atomic E-state index is 5.41. The second-order valence-corrected chi connectivity index (χ2v) is 7.74. The average Bonchev–Trinajstić information content (AvgIpc) is 3.25. The van der Waals surface area contributed by atoms with Gasteiger partial charge in [0.2, 0.25) is 0 Å². The number of hydrogen-bond acceptors (Lipinski definition) is 5. The summed E-state index contributed by atoms with van der Waals surface area (Å²) >= 11 is 1.64. The van der Waals surface area contributed by atoms with E-state index in [1.807, 2.05) is 18.2 Å². The lowest BCUT2D eigenvalue weighted by Gasteiger charge is -2.16. The van der Waals surface area contributed by atoms with Crippen LogP contribution in [0.2, 0.25) is 0 Å². The SMILES string of the molecule is COc1ccc(-c2nc(CNC(C)c3cccc4ccccc34)cs2)cc1OC. The lowest BCUT2D eigenvalue weighted by atomic mass is 10.00. The van der Waals surface area contributed by atoms with Crippen molar-refractivity contribution in [3.05, 3.63) is 77.3 Å². The summed E-state index contributed by atoms with van der Waals surface area (Å²) in [5.41, 5.74) is 3.37. The Hall–Kier alpha value is -2.89. The van der Waals surface area contributed by atoms with E-state index in [1.54, 1.807) is 25.6 Å². The fraction of sp³-hybridized carbons (Fsp3) is 0.208. The molecule has 0 saturated carbocycles. The molecule has 0 spiro atoms. The minimum absolute atomic E-state index is 0.229. The number of aromatic nitrogens is 1. The van der Waals surface area contributed by atoms with Crippen LogP contribution in [-0.2, 0) is 6.54 Å². The Labute approximate surface area is 175 Å². The predicted octanol–water partition coefficient (Wildman–Crippen LogP) is 5.83. The zero-order valence-electron chi connectivity index (χ0n) is 16.8. The van der Waals surface area contributed by atoms with E-state index in [0.717, 1.165) is 22.0 Å². The molecule has 0 fully saturated rings. The van der Waals surface area contributed by atoms with E-state index in [4.69, 9.17) is 14.5 Å². The number of fused-ring (bicyclic) bond motifs is 1. The van der Waals surface area contributed by atoms with E-state index < -0.39 is 0 Å². The number of nitrogens with one attached hydrogen (secondary N) is 1. The summed E-state index contributed by atoms with van der Waals surface area (Å²) in [4.78, 5) is 4.80. The molecular formula is C24H24N2O2S. The van der Waals surface area contributed by atoms with E-state index in [9.17, 15) is 0 Å². The third-order valence-corrected chi connectivity index (χ3v) is 6.00. The Kier molecular flexibility index (Phi) is 5.79. The van der Waals surface area contributed by atoms with Crippen LogP contribution in [0.25, 0.3) is 21.3 Å². The van der Waals surface area contributed by atoms with Crippen molar-refractivity contribution in [3.8, 4) is 22.1 Å². The second kappa shape index (κ2) is 8.64. The molecule has 0 aliphatic rings. The van der Waals surface area contributed by atoms with Crippen molar-refractivity contribution in [3.63, 3.8) is 0 Å². The van der Waals surface area contributed by atoms with E-state index in [2.05, 4.69) is 60.1 Å². The summed E-state index contributed by atoms with van der Waals surface area (Å²) in [6, 6.07) is 21.1. The largest absolute Gasteiger partial charge is 0.493 e. The lowest BCUT2D eigenvalue weighted by molar-refractivity contribution is 0.355. The van der Waals surface area contributed by atoms with E-state index >= 15 is 0 Å². The molecule has 0 radical (unpaired) electrons. The molecule has 148 valence electrons. The number of ether oxygens (including phenoxy) is 2. The van der Waals surface area contributed by atoms with E-state index in [1.165, 1.54) is 16.3 Å². The summed E-state index contributed by atoms with van der Waals surface area (Å²) in [6.45, 7) is 2.91. The number of nitrogens with zero attached hydrogens (tertiary/aromatic N) is 1. The van der Waals surface area contributed by atoms with Gasteiger partial charge in [0, 0.05) is 23.5 Å². The predicted molar refractivity (Wildman–Crippen MR) is 120 cm³/mol. The molecule has 0 aliphatic heterocycles. The molecule has 5 heteroatoms. The van der Waals surface area contributed by atoms with Crippen molar-refractivity contribution in [1.82, 2.24) is 10.3 Å². The van der Waals surface area contributed by atoms with Gasteiger partial charge in [0.25, 0.3) is 0 Å². The third kappa shape index (κ3) is 4.11. The first-order valence-electron chi connectivity index (χ1n) is 9.57. The molecule has 4 aromatic rings. The van der Waals surface area contributed by atoms with Gasteiger partial charge in [0.15, 0.2) is 11.5 Å².